The fraction of sp³-hybridized carbons (Fsp3) is 1.00. The maximum atomic E-state index is 5.93. The fourth-order valence-electron chi connectivity index (χ4n) is 2.64. The summed E-state index contributed by atoms with van der Waals surface area (Å²) in [6, 6.07) is 0. The second-order valence-electron chi connectivity index (χ2n) is 4.60. The number of hydrogen-bond donors (Lipinski definition) is 1. The zero-order chi connectivity index (χ0) is 9.86. The lowest BCUT2D eigenvalue weighted by atomic mass is 9.86. The molecular formula is C11H21NOS. The monoisotopic (exact) mass is 215 g/mol. The van der Waals surface area contributed by atoms with E-state index in [1.165, 1.54) is 37.9 Å². The van der Waals surface area contributed by atoms with Gasteiger partial charge in [-0.1, -0.05) is 0 Å². The van der Waals surface area contributed by atoms with E-state index in [0.29, 0.717) is 4.75 Å². The van der Waals surface area contributed by atoms with E-state index in [4.69, 9.17) is 10.5 Å². The number of ether oxygens (including phenoxy) is 1. The quantitative estimate of drug-likeness (QED) is 0.782. The van der Waals surface area contributed by atoms with E-state index < -0.39 is 0 Å². The average molecular weight is 215 g/mol. The summed E-state index contributed by atoms with van der Waals surface area (Å²) in [5.41, 5.74) is 5.93. The van der Waals surface area contributed by atoms with E-state index in [0.717, 1.165) is 25.7 Å². The maximum Gasteiger partial charge on any atom is 0.0468 e. The SMILES string of the molecule is NCC1(CC2CCOCC2)CCCS1. The van der Waals surface area contributed by atoms with Crippen LogP contribution in [0.2, 0.25) is 0 Å². The normalized spacial score (nSPS) is 34.9. The molecule has 2 saturated heterocycles. The van der Waals surface area contributed by atoms with Crippen molar-refractivity contribution in [1.29, 1.82) is 0 Å². The lowest BCUT2D eigenvalue weighted by molar-refractivity contribution is 0.0606. The van der Waals surface area contributed by atoms with E-state index in [1.54, 1.807) is 0 Å². The zero-order valence-electron chi connectivity index (χ0n) is 8.84. The van der Waals surface area contributed by atoms with Crippen LogP contribution in [0.15, 0.2) is 0 Å². The molecule has 0 aromatic heterocycles. The van der Waals surface area contributed by atoms with Crippen molar-refractivity contribution in [3.05, 3.63) is 0 Å². The second kappa shape index (κ2) is 4.86. The molecule has 0 radical (unpaired) electrons. The summed E-state index contributed by atoms with van der Waals surface area (Å²) < 4.78 is 5.83. The van der Waals surface area contributed by atoms with Gasteiger partial charge in [-0.2, -0.15) is 11.8 Å². The molecule has 3 heteroatoms. The molecule has 82 valence electrons. The van der Waals surface area contributed by atoms with Gasteiger partial charge in [0.05, 0.1) is 0 Å². The average Bonchev–Trinajstić information content (AvgIpc) is 2.69. The molecule has 1 atom stereocenters. The minimum absolute atomic E-state index is 0.433. The van der Waals surface area contributed by atoms with Crippen molar-refractivity contribution in [1.82, 2.24) is 0 Å². The number of rotatable bonds is 3. The zero-order valence-corrected chi connectivity index (χ0v) is 9.65. The van der Waals surface area contributed by atoms with Crippen LogP contribution in [-0.4, -0.2) is 30.3 Å². The first-order chi connectivity index (χ1) is 6.85. The second-order valence-corrected chi connectivity index (χ2v) is 6.16. The van der Waals surface area contributed by atoms with Gasteiger partial charge < -0.3 is 10.5 Å². The molecule has 2 rings (SSSR count). The minimum Gasteiger partial charge on any atom is -0.381 e. The summed E-state index contributed by atoms with van der Waals surface area (Å²) in [5.74, 6) is 2.19. The van der Waals surface area contributed by atoms with Crippen LogP contribution in [0.25, 0.3) is 0 Å². The van der Waals surface area contributed by atoms with E-state index >= 15 is 0 Å². The van der Waals surface area contributed by atoms with Gasteiger partial charge >= 0.3 is 0 Å². The molecule has 2 aliphatic heterocycles. The van der Waals surface area contributed by atoms with Crippen molar-refractivity contribution in [2.45, 2.75) is 36.9 Å². The molecule has 1 unspecified atom stereocenters. The third kappa shape index (κ3) is 2.44. The largest absolute Gasteiger partial charge is 0.381 e. The maximum absolute atomic E-state index is 5.93. The van der Waals surface area contributed by atoms with Crippen LogP contribution in [-0.2, 0) is 4.74 Å². The molecular weight excluding hydrogens is 194 g/mol. The summed E-state index contributed by atoms with van der Waals surface area (Å²) in [6.45, 7) is 2.81. The van der Waals surface area contributed by atoms with Gasteiger partial charge in [0.25, 0.3) is 0 Å². The van der Waals surface area contributed by atoms with Crippen molar-refractivity contribution < 1.29 is 4.74 Å². The van der Waals surface area contributed by atoms with Crippen LogP contribution in [0.4, 0.5) is 0 Å². The molecule has 2 N–H and O–H groups in total. The van der Waals surface area contributed by atoms with E-state index in [2.05, 4.69) is 11.8 Å². The third-order valence-corrected chi connectivity index (χ3v) is 5.20. The van der Waals surface area contributed by atoms with Crippen LogP contribution in [0.1, 0.15) is 32.1 Å². The minimum atomic E-state index is 0.433. The summed E-state index contributed by atoms with van der Waals surface area (Å²) in [6.07, 6.45) is 6.54. The molecule has 2 fully saturated rings. The molecule has 2 heterocycles. The summed E-state index contributed by atoms with van der Waals surface area (Å²) >= 11 is 2.12. The molecule has 0 amide bonds. The Morgan fingerprint density at radius 3 is 2.71 bits per heavy atom. The summed E-state index contributed by atoms with van der Waals surface area (Å²) in [5, 5.41) is 0. The molecule has 0 saturated carbocycles. The van der Waals surface area contributed by atoms with Crippen LogP contribution < -0.4 is 5.73 Å². The van der Waals surface area contributed by atoms with Gasteiger partial charge in [0, 0.05) is 24.5 Å². The highest BCUT2D eigenvalue weighted by Crippen LogP contribution is 2.43. The Labute approximate surface area is 91.0 Å². The highest BCUT2D eigenvalue weighted by atomic mass is 32.2. The first-order valence-corrected chi connectivity index (χ1v) is 6.75. The molecule has 0 bridgehead atoms. The Balaban J connectivity index is 1.86. The van der Waals surface area contributed by atoms with Gasteiger partial charge in [-0.15, -0.1) is 0 Å². The van der Waals surface area contributed by atoms with Crippen LogP contribution in [0.5, 0.6) is 0 Å². The van der Waals surface area contributed by atoms with Crippen molar-refractivity contribution in [2.75, 3.05) is 25.5 Å². The van der Waals surface area contributed by atoms with Crippen molar-refractivity contribution >= 4 is 11.8 Å². The van der Waals surface area contributed by atoms with Crippen molar-refractivity contribution in [2.24, 2.45) is 11.7 Å². The molecule has 0 aromatic rings. The van der Waals surface area contributed by atoms with Crippen LogP contribution >= 0.6 is 11.8 Å². The van der Waals surface area contributed by atoms with Gasteiger partial charge in [0.1, 0.15) is 0 Å². The lowest BCUT2D eigenvalue weighted by Gasteiger charge is -2.32. The molecule has 2 nitrogen and oxygen atoms in total. The van der Waals surface area contributed by atoms with Gasteiger partial charge in [0.15, 0.2) is 0 Å². The van der Waals surface area contributed by atoms with Gasteiger partial charge in [-0.05, 0) is 43.8 Å². The number of thioether (sulfide) groups is 1. The van der Waals surface area contributed by atoms with E-state index in [1.807, 2.05) is 0 Å². The van der Waals surface area contributed by atoms with Gasteiger partial charge in [0.2, 0.25) is 0 Å². The molecule has 14 heavy (non-hydrogen) atoms. The van der Waals surface area contributed by atoms with Crippen LogP contribution in [0.3, 0.4) is 0 Å². The van der Waals surface area contributed by atoms with E-state index in [-0.39, 0.29) is 0 Å². The number of hydrogen-bond acceptors (Lipinski definition) is 3. The Hall–Kier alpha value is 0.270. The van der Waals surface area contributed by atoms with E-state index in [9.17, 15) is 0 Å². The predicted octanol–water partition coefficient (Wildman–Crippen LogP) is 2.03. The Bertz CT molecular complexity index is 174. The topological polar surface area (TPSA) is 35.2 Å². The Kier molecular flexibility index (Phi) is 3.74. The Morgan fingerprint density at radius 1 is 1.36 bits per heavy atom. The summed E-state index contributed by atoms with van der Waals surface area (Å²) in [7, 11) is 0. The third-order valence-electron chi connectivity index (χ3n) is 3.56. The number of nitrogens with two attached hydrogens (primary N) is 1. The van der Waals surface area contributed by atoms with Crippen LogP contribution in [0, 0.1) is 5.92 Å². The lowest BCUT2D eigenvalue weighted by Crippen LogP contribution is -2.35. The first kappa shape index (κ1) is 10.8. The highest BCUT2D eigenvalue weighted by molar-refractivity contribution is 8.00. The molecule has 0 aromatic carbocycles. The summed E-state index contributed by atoms with van der Waals surface area (Å²) in [4.78, 5) is 0. The first-order valence-electron chi connectivity index (χ1n) is 5.76. The van der Waals surface area contributed by atoms with Gasteiger partial charge in [-0.3, -0.25) is 0 Å². The standard InChI is InChI=1S/C11H21NOS/c12-9-11(4-1-7-14-11)8-10-2-5-13-6-3-10/h10H,1-9,12H2. The van der Waals surface area contributed by atoms with Crippen molar-refractivity contribution in [3.8, 4) is 0 Å². The van der Waals surface area contributed by atoms with Crippen molar-refractivity contribution in [3.63, 3.8) is 0 Å². The highest BCUT2D eigenvalue weighted by Gasteiger charge is 2.35. The molecule has 0 spiro atoms. The van der Waals surface area contributed by atoms with Gasteiger partial charge in [-0.25, -0.2) is 0 Å². The fourth-order valence-corrected chi connectivity index (χ4v) is 4.12. The molecule has 0 aliphatic carbocycles. The Morgan fingerprint density at radius 2 is 2.14 bits per heavy atom. The molecule has 2 aliphatic rings. The predicted molar refractivity (Wildman–Crippen MR) is 61.6 cm³/mol. The smallest absolute Gasteiger partial charge is 0.0468 e.